The molecule has 110 valence electrons. The summed E-state index contributed by atoms with van der Waals surface area (Å²) >= 11 is 0. The Bertz CT molecular complexity index is 558. The molecule has 0 aliphatic carbocycles. The number of hydrogen-bond acceptors (Lipinski definition) is 3. The number of hydrogen-bond donors (Lipinski definition) is 2. The molecule has 2 aromatic rings. The van der Waals surface area contributed by atoms with E-state index >= 15 is 0 Å². The van der Waals surface area contributed by atoms with Gasteiger partial charge in [0, 0.05) is 19.7 Å². The molecule has 2 atom stereocenters. The minimum absolute atomic E-state index is 0.185. The molecule has 0 saturated heterocycles. The van der Waals surface area contributed by atoms with Gasteiger partial charge in [0.1, 0.15) is 0 Å². The highest BCUT2D eigenvalue weighted by molar-refractivity contribution is 5.82. The molecule has 0 aliphatic heterocycles. The van der Waals surface area contributed by atoms with Gasteiger partial charge in [-0.05, 0) is 11.1 Å². The fourth-order valence-electron chi connectivity index (χ4n) is 2.14. The number of carbonyl (C=O) groups excluding carboxylic acids is 1. The highest BCUT2D eigenvalue weighted by atomic mass is 16.5. The molecule has 21 heavy (non-hydrogen) atoms. The molecule has 2 unspecified atom stereocenters. The number of methoxy groups -OCH3 is 1. The lowest BCUT2D eigenvalue weighted by Crippen LogP contribution is -2.35. The average molecular weight is 284 g/mol. The van der Waals surface area contributed by atoms with E-state index in [0.29, 0.717) is 6.54 Å². The first kappa shape index (κ1) is 15.2. The summed E-state index contributed by atoms with van der Waals surface area (Å²) in [6, 6.07) is 18.8. The van der Waals surface area contributed by atoms with Crippen molar-refractivity contribution in [3.8, 4) is 0 Å². The van der Waals surface area contributed by atoms with Crippen molar-refractivity contribution in [3.63, 3.8) is 0 Å². The lowest BCUT2D eigenvalue weighted by Gasteiger charge is -2.18. The first-order chi connectivity index (χ1) is 10.2. The van der Waals surface area contributed by atoms with Crippen molar-refractivity contribution in [2.24, 2.45) is 5.73 Å². The van der Waals surface area contributed by atoms with Gasteiger partial charge in [-0.25, -0.2) is 0 Å². The highest BCUT2D eigenvalue weighted by Gasteiger charge is 2.20. The van der Waals surface area contributed by atoms with E-state index in [2.05, 4.69) is 5.32 Å². The topological polar surface area (TPSA) is 64.3 Å². The van der Waals surface area contributed by atoms with E-state index in [9.17, 15) is 4.79 Å². The molecular formula is C17H20N2O2. The Morgan fingerprint density at radius 2 is 1.57 bits per heavy atom. The minimum atomic E-state index is -0.617. The van der Waals surface area contributed by atoms with Gasteiger partial charge in [0.05, 0.1) is 0 Å². The van der Waals surface area contributed by atoms with E-state index < -0.39 is 6.10 Å². The van der Waals surface area contributed by atoms with Gasteiger partial charge in [-0.1, -0.05) is 60.7 Å². The zero-order chi connectivity index (χ0) is 15.1. The zero-order valence-electron chi connectivity index (χ0n) is 12.0. The number of benzene rings is 2. The Balaban J connectivity index is 1.94. The summed E-state index contributed by atoms with van der Waals surface area (Å²) in [4.78, 5) is 12.2. The Morgan fingerprint density at radius 3 is 2.10 bits per heavy atom. The van der Waals surface area contributed by atoms with E-state index in [1.54, 1.807) is 0 Å². The maximum Gasteiger partial charge on any atom is 0.253 e. The smallest absolute Gasteiger partial charge is 0.253 e. The van der Waals surface area contributed by atoms with Crippen LogP contribution >= 0.6 is 0 Å². The molecule has 4 heteroatoms. The van der Waals surface area contributed by atoms with Crippen LogP contribution in [-0.4, -0.2) is 19.6 Å². The summed E-state index contributed by atoms with van der Waals surface area (Å²) in [5, 5.41) is 2.84. The fourth-order valence-corrected chi connectivity index (χ4v) is 2.14. The molecule has 0 bridgehead atoms. The molecule has 4 nitrogen and oxygen atoms in total. The van der Waals surface area contributed by atoms with Crippen LogP contribution in [0.2, 0.25) is 0 Å². The Labute approximate surface area is 124 Å². The van der Waals surface area contributed by atoms with Crippen molar-refractivity contribution in [3.05, 3.63) is 71.8 Å². The van der Waals surface area contributed by atoms with Gasteiger partial charge in [0.15, 0.2) is 6.10 Å². The summed E-state index contributed by atoms with van der Waals surface area (Å²) in [6.45, 7) is 0.371. The van der Waals surface area contributed by atoms with Crippen LogP contribution in [0.1, 0.15) is 23.3 Å². The van der Waals surface area contributed by atoms with Crippen molar-refractivity contribution in [2.45, 2.75) is 12.1 Å². The second-order valence-corrected chi connectivity index (χ2v) is 4.79. The summed E-state index contributed by atoms with van der Waals surface area (Å²) in [5.41, 5.74) is 7.88. The van der Waals surface area contributed by atoms with Crippen LogP contribution in [0.15, 0.2) is 60.7 Å². The molecule has 2 aromatic carbocycles. The van der Waals surface area contributed by atoms with Crippen molar-refractivity contribution in [1.82, 2.24) is 5.32 Å². The van der Waals surface area contributed by atoms with Crippen LogP contribution in [-0.2, 0) is 9.53 Å². The molecule has 2 rings (SSSR count). The Morgan fingerprint density at radius 1 is 1.05 bits per heavy atom. The molecule has 3 N–H and O–H groups in total. The molecule has 0 aliphatic rings. The molecular weight excluding hydrogens is 264 g/mol. The average Bonchev–Trinajstić information content (AvgIpc) is 2.55. The van der Waals surface area contributed by atoms with Crippen LogP contribution < -0.4 is 11.1 Å². The van der Waals surface area contributed by atoms with Gasteiger partial charge in [-0.3, -0.25) is 4.79 Å². The van der Waals surface area contributed by atoms with Gasteiger partial charge < -0.3 is 15.8 Å². The Kier molecular flexibility index (Phi) is 5.49. The van der Waals surface area contributed by atoms with E-state index in [1.165, 1.54) is 7.11 Å². The van der Waals surface area contributed by atoms with Crippen molar-refractivity contribution < 1.29 is 9.53 Å². The van der Waals surface area contributed by atoms with E-state index in [1.807, 2.05) is 60.7 Å². The maximum atomic E-state index is 12.2. The zero-order valence-corrected chi connectivity index (χ0v) is 12.0. The van der Waals surface area contributed by atoms with E-state index in [0.717, 1.165) is 11.1 Å². The monoisotopic (exact) mass is 284 g/mol. The third kappa shape index (κ3) is 4.15. The molecule has 0 radical (unpaired) electrons. The fraction of sp³-hybridized carbons (Fsp3) is 0.235. The predicted octanol–water partition coefficient (Wildman–Crippen LogP) is 2.19. The molecule has 0 saturated carbocycles. The maximum absolute atomic E-state index is 12.2. The number of ether oxygens (including phenoxy) is 1. The number of amides is 1. The molecule has 0 aromatic heterocycles. The highest BCUT2D eigenvalue weighted by Crippen LogP contribution is 2.16. The number of nitrogens with one attached hydrogen (secondary N) is 1. The number of rotatable bonds is 6. The SMILES string of the molecule is COC(C(=O)NCC(N)c1ccccc1)c1ccccc1. The third-order valence-electron chi connectivity index (χ3n) is 3.30. The van der Waals surface area contributed by atoms with Crippen LogP contribution in [0, 0.1) is 0 Å². The second-order valence-electron chi connectivity index (χ2n) is 4.79. The first-order valence-corrected chi connectivity index (χ1v) is 6.88. The van der Waals surface area contributed by atoms with Crippen LogP contribution in [0.5, 0.6) is 0 Å². The third-order valence-corrected chi connectivity index (χ3v) is 3.30. The number of nitrogens with two attached hydrogens (primary N) is 1. The summed E-state index contributed by atoms with van der Waals surface area (Å²) < 4.78 is 5.28. The number of carbonyl (C=O) groups is 1. The molecule has 0 heterocycles. The van der Waals surface area contributed by atoms with Gasteiger partial charge in [-0.2, -0.15) is 0 Å². The van der Waals surface area contributed by atoms with Gasteiger partial charge >= 0.3 is 0 Å². The summed E-state index contributed by atoms with van der Waals surface area (Å²) in [5.74, 6) is -0.185. The van der Waals surface area contributed by atoms with Gasteiger partial charge in [-0.15, -0.1) is 0 Å². The van der Waals surface area contributed by atoms with Gasteiger partial charge in [0.2, 0.25) is 0 Å². The molecule has 0 spiro atoms. The summed E-state index contributed by atoms with van der Waals surface area (Å²) in [7, 11) is 1.52. The minimum Gasteiger partial charge on any atom is -0.367 e. The van der Waals surface area contributed by atoms with E-state index in [-0.39, 0.29) is 11.9 Å². The largest absolute Gasteiger partial charge is 0.367 e. The van der Waals surface area contributed by atoms with E-state index in [4.69, 9.17) is 10.5 Å². The predicted molar refractivity (Wildman–Crippen MR) is 82.6 cm³/mol. The van der Waals surface area contributed by atoms with Crippen LogP contribution in [0.25, 0.3) is 0 Å². The first-order valence-electron chi connectivity index (χ1n) is 6.88. The molecule has 0 fully saturated rings. The quantitative estimate of drug-likeness (QED) is 0.854. The van der Waals surface area contributed by atoms with Crippen LogP contribution in [0.3, 0.4) is 0 Å². The normalized spacial score (nSPS) is 13.4. The second kappa shape index (κ2) is 7.57. The summed E-state index contributed by atoms with van der Waals surface area (Å²) in [6.07, 6.45) is -0.617. The Hall–Kier alpha value is -2.17. The van der Waals surface area contributed by atoms with Crippen molar-refractivity contribution in [1.29, 1.82) is 0 Å². The molecule has 1 amide bonds. The van der Waals surface area contributed by atoms with Crippen molar-refractivity contribution >= 4 is 5.91 Å². The standard InChI is InChI=1S/C17H20N2O2/c1-21-16(14-10-6-3-7-11-14)17(20)19-12-15(18)13-8-4-2-5-9-13/h2-11,15-16H,12,18H2,1H3,(H,19,20). The lowest BCUT2D eigenvalue weighted by atomic mass is 10.1. The van der Waals surface area contributed by atoms with Crippen molar-refractivity contribution in [2.75, 3.05) is 13.7 Å². The van der Waals surface area contributed by atoms with Gasteiger partial charge in [0.25, 0.3) is 5.91 Å². The lowest BCUT2D eigenvalue weighted by molar-refractivity contribution is -0.131. The van der Waals surface area contributed by atoms with Crippen LogP contribution in [0.4, 0.5) is 0 Å².